The minimum Gasteiger partial charge on any atom is -0.371 e. The predicted molar refractivity (Wildman–Crippen MR) is 92.1 cm³/mol. The maximum Gasteiger partial charge on any atom is 0.282 e. The van der Waals surface area contributed by atoms with E-state index in [4.69, 9.17) is 0 Å². The fourth-order valence-electron chi connectivity index (χ4n) is 3.05. The van der Waals surface area contributed by atoms with Gasteiger partial charge in [0.2, 0.25) is 0 Å². The van der Waals surface area contributed by atoms with E-state index in [2.05, 4.69) is 10.2 Å². The van der Waals surface area contributed by atoms with Gasteiger partial charge in [-0.25, -0.2) is 4.39 Å². The fraction of sp³-hybridized carbons (Fsp3) is 0.278. The van der Waals surface area contributed by atoms with E-state index >= 15 is 0 Å². The number of para-hydroxylation sites is 1. The number of hydrogen-bond donors (Lipinski definition) is 1. The minimum absolute atomic E-state index is 0.221. The first kappa shape index (κ1) is 16.9. The van der Waals surface area contributed by atoms with Crippen LogP contribution in [0.3, 0.4) is 0 Å². The molecule has 1 N–H and O–H groups in total. The molecular weight excluding hydrogens is 325 g/mol. The molecule has 0 radical (unpaired) electrons. The molecule has 1 fully saturated rings. The highest BCUT2D eigenvalue weighted by Crippen LogP contribution is 2.25. The van der Waals surface area contributed by atoms with Crippen molar-refractivity contribution in [2.75, 3.05) is 18.0 Å². The van der Waals surface area contributed by atoms with Crippen molar-refractivity contribution in [3.8, 4) is 0 Å². The van der Waals surface area contributed by atoms with Crippen LogP contribution in [0.2, 0.25) is 0 Å². The van der Waals surface area contributed by atoms with Crippen LogP contribution < -0.4 is 10.2 Å². The van der Waals surface area contributed by atoms with Crippen molar-refractivity contribution >= 4 is 17.3 Å². The molecule has 130 valence electrons. The van der Waals surface area contributed by atoms with Crippen LogP contribution in [0.5, 0.6) is 0 Å². The maximum atomic E-state index is 13.4. The Morgan fingerprint density at radius 1 is 1.20 bits per heavy atom. The van der Waals surface area contributed by atoms with Crippen LogP contribution in [-0.4, -0.2) is 23.9 Å². The molecule has 2 aromatic carbocycles. The monoisotopic (exact) mass is 343 g/mol. The number of carbonyl (C=O) groups is 1. The average molecular weight is 343 g/mol. The zero-order valence-corrected chi connectivity index (χ0v) is 13.6. The van der Waals surface area contributed by atoms with Crippen LogP contribution in [0, 0.1) is 15.9 Å². The highest BCUT2D eigenvalue weighted by Gasteiger charge is 2.21. The maximum absolute atomic E-state index is 13.4. The number of amides is 1. The molecule has 0 aliphatic carbocycles. The van der Waals surface area contributed by atoms with Crippen LogP contribution in [0.4, 0.5) is 15.8 Å². The quantitative estimate of drug-likeness (QED) is 0.668. The summed E-state index contributed by atoms with van der Waals surface area (Å²) in [5.74, 6) is -1.35. The van der Waals surface area contributed by atoms with Gasteiger partial charge in [-0.2, -0.15) is 0 Å². The van der Waals surface area contributed by atoms with Crippen LogP contribution in [0.1, 0.15) is 28.8 Å². The normalized spacial score (nSPS) is 13.7. The van der Waals surface area contributed by atoms with Crippen LogP contribution in [0.15, 0.2) is 42.5 Å². The van der Waals surface area contributed by atoms with Gasteiger partial charge in [-0.1, -0.05) is 18.2 Å². The van der Waals surface area contributed by atoms with E-state index in [0.717, 1.165) is 55.4 Å². The summed E-state index contributed by atoms with van der Waals surface area (Å²) in [7, 11) is 0. The molecule has 0 unspecified atom stereocenters. The summed E-state index contributed by atoms with van der Waals surface area (Å²) in [6, 6.07) is 10.6. The lowest BCUT2D eigenvalue weighted by molar-refractivity contribution is -0.385. The SMILES string of the molecule is O=C(NCc1ccccc1N1CCCC1)c1cc(F)ccc1[N+](=O)[O-]. The van der Waals surface area contributed by atoms with Gasteiger partial charge in [0.05, 0.1) is 4.92 Å². The van der Waals surface area contributed by atoms with E-state index in [1.807, 2.05) is 24.3 Å². The molecule has 1 aliphatic heterocycles. The van der Waals surface area contributed by atoms with Gasteiger partial charge in [-0.3, -0.25) is 14.9 Å². The molecule has 1 aliphatic rings. The Kier molecular flexibility index (Phi) is 4.92. The summed E-state index contributed by atoms with van der Waals surface area (Å²) < 4.78 is 13.4. The first-order chi connectivity index (χ1) is 12.1. The second-order valence-corrected chi connectivity index (χ2v) is 5.92. The van der Waals surface area contributed by atoms with E-state index in [-0.39, 0.29) is 12.1 Å². The standard InChI is InChI=1S/C18H18FN3O3/c19-14-7-8-17(22(24)25)15(11-14)18(23)20-12-13-5-1-2-6-16(13)21-9-3-4-10-21/h1-2,5-8,11H,3-4,9-10,12H2,(H,20,23). The van der Waals surface area contributed by atoms with Crippen LogP contribution >= 0.6 is 0 Å². The molecule has 6 nitrogen and oxygen atoms in total. The molecule has 1 amide bonds. The molecule has 0 bridgehead atoms. The van der Waals surface area contributed by atoms with E-state index in [9.17, 15) is 19.3 Å². The number of nitro benzene ring substituents is 1. The van der Waals surface area contributed by atoms with Crippen molar-refractivity contribution in [3.63, 3.8) is 0 Å². The molecule has 3 rings (SSSR count). The second kappa shape index (κ2) is 7.29. The van der Waals surface area contributed by atoms with E-state index in [1.54, 1.807) is 0 Å². The zero-order valence-electron chi connectivity index (χ0n) is 13.6. The molecule has 1 saturated heterocycles. The third-order valence-electron chi connectivity index (χ3n) is 4.28. The molecule has 0 aromatic heterocycles. The van der Waals surface area contributed by atoms with Gasteiger partial charge in [0.15, 0.2) is 0 Å². The van der Waals surface area contributed by atoms with Crippen LogP contribution in [0.25, 0.3) is 0 Å². The Bertz CT molecular complexity index is 804. The zero-order chi connectivity index (χ0) is 17.8. The van der Waals surface area contributed by atoms with Gasteiger partial charge in [0.1, 0.15) is 11.4 Å². The Morgan fingerprint density at radius 2 is 1.92 bits per heavy atom. The Labute approximate surface area is 144 Å². The lowest BCUT2D eigenvalue weighted by Crippen LogP contribution is -2.26. The molecular formula is C18H18FN3O3. The largest absolute Gasteiger partial charge is 0.371 e. The summed E-state index contributed by atoms with van der Waals surface area (Å²) in [6.07, 6.45) is 2.27. The number of carbonyl (C=O) groups excluding carboxylic acids is 1. The topological polar surface area (TPSA) is 75.5 Å². The molecule has 0 atom stereocenters. The number of halogens is 1. The molecule has 7 heteroatoms. The first-order valence-corrected chi connectivity index (χ1v) is 8.11. The summed E-state index contributed by atoms with van der Waals surface area (Å²) in [5, 5.41) is 13.7. The molecule has 0 spiro atoms. The number of nitrogens with zero attached hydrogens (tertiary/aromatic N) is 2. The number of rotatable bonds is 5. The number of nitrogens with one attached hydrogen (secondary N) is 1. The van der Waals surface area contributed by atoms with Crippen LogP contribution in [-0.2, 0) is 6.54 Å². The Morgan fingerprint density at radius 3 is 2.64 bits per heavy atom. The third-order valence-corrected chi connectivity index (χ3v) is 4.28. The smallest absolute Gasteiger partial charge is 0.282 e. The van der Waals surface area contributed by atoms with E-state index in [0.29, 0.717) is 0 Å². The number of nitro groups is 1. The molecule has 25 heavy (non-hydrogen) atoms. The van der Waals surface area contributed by atoms with Crippen molar-refractivity contribution in [1.82, 2.24) is 5.32 Å². The highest BCUT2D eigenvalue weighted by atomic mass is 19.1. The van der Waals surface area contributed by atoms with Gasteiger partial charge < -0.3 is 10.2 Å². The van der Waals surface area contributed by atoms with Crippen molar-refractivity contribution in [2.45, 2.75) is 19.4 Å². The summed E-state index contributed by atoms with van der Waals surface area (Å²) in [6.45, 7) is 2.17. The predicted octanol–water partition coefficient (Wildman–Crippen LogP) is 3.26. The second-order valence-electron chi connectivity index (χ2n) is 5.92. The van der Waals surface area contributed by atoms with Gasteiger partial charge >= 0.3 is 0 Å². The van der Waals surface area contributed by atoms with Crippen molar-refractivity contribution in [3.05, 3.63) is 69.5 Å². The summed E-state index contributed by atoms with van der Waals surface area (Å²) >= 11 is 0. The lowest BCUT2D eigenvalue weighted by Gasteiger charge is -2.21. The van der Waals surface area contributed by atoms with Crippen molar-refractivity contribution in [2.24, 2.45) is 0 Å². The molecule has 2 aromatic rings. The fourth-order valence-corrected chi connectivity index (χ4v) is 3.05. The van der Waals surface area contributed by atoms with Gasteiger partial charge in [0, 0.05) is 31.4 Å². The highest BCUT2D eigenvalue weighted by molar-refractivity contribution is 5.98. The Hall–Kier alpha value is -2.96. The van der Waals surface area contributed by atoms with Gasteiger partial charge in [-0.05, 0) is 36.6 Å². The van der Waals surface area contributed by atoms with E-state index < -0.39 is 22.3 Å². The lowest BCUT2D eigenvalue weighted by atomic mass is 10.1. The van der Waals surface area contributed by atoms with Gasteiger partial charge in [0.25, 0.3) is 11.6 Å². The first-order valence-electron chi connectivity index (χ1n) is 8.11. The number of benzene rings is 2. The summed E-state index contributed by atoms with van der Waals surface area (Å²) in [5.41, 5.74) is 1.29. The molecule has 1 heterocycles. The van der Waals surface area contributed by atoms with Crippen molar-refractivity contribution < 1.29 is 14.1 Å². The average Bonchev–Trinajstić information content (AvgIpc) is 3.14. The minimum atomic E-state index is -0.688. The number of anilines is 1. The number of hydrogen-bond acceptors (Lipinski definition) is 4. The van der Waals surface area contributed by atoms with E-state index in [1.165, 1.54) is 0 Å². The third kappa shape index (κ3) is 3.76. The van der Waals surface area contributed by atoms with Crippen molar-refractivity contribution in [1.29, 1.82) is 0 Å². The summed E-state index contributed by atoms with van der Waals surface area (Å²) in [4.78, 5) is 24.9. The van der Waals surface area contributed by atoms with Gasteiger partial charge in [-0.15, -0.1) is 0 Å². The molecule has 0 saturated carbocycles. The Balaban J connectivity index is 1.78.